The Morgan fingerprint density at radius 3 is 2.67 bits per heavy atom. The molecule has 0 radical (unpaired) electrons. The van der Waals surface area contributed by atoms with Crippen LogP contribution in [0.5, 0.6) is 0 Å². The van der Waals surface area contributed by atoms with Gasteiger partial charge in [0.2, 0.25) is 0 Å². The van der Waals surface area contributed by atoms with Gasteiger partial charge in [0.1, 0.15) is 0 Å². The fourth-order valence-electron chi connectivity index (χ4n) is 0.835. The highest BCUT2D eigenvalue weighted by Crippen LogP contribution is 2.05. The molecule has 0 bridgehead atoms. The highest BCUT2D eigenvalue weighted by Gasteiger charge is 1.91. The summed E-state index contributed by atoms with van der Waals surface area (Å²) in [6.07, 6.45) is 7.16. The van der Waals surface area contributed by atoms with Crippen LogP contribution in [0, 0.1) is 5.92 Å². The van der Waals surface area contributed by atoms with Crippen LogP contribution in [0.2, 0.25) is 0 Å². The third-order valence-corrected chi connectivity index (χ3v) is 1.81. The monoisotopic (exact) mass is 238 g/mol. The molecule has 1 heteroatoms. The van der Waals surface area contributed by atoms with E-state index in [1.807, 2.05) is 0 Å². The van der Waals surface area contributed by atoms with Crippen LogP contribution in [-0.4, -0.2) is 4.43 Å². The van der Waals surface area contributed by atoms with Crippen LogP contribution in [0.25, 0.3) is 0 Å². The summed E-state index contributed by atoms with van der Waals surface area (Å²) in [5, 5.41) is 0. The van der Waals surface area contributed by atoms with Gasteiger partial charge in [0.15, 0.2) is 0 Å². The van der Waals surface area contributed by atoms with Gasteiger partial charge < -0.3 is 0 Å². The zero-order valence-corrected chi connectivity index (χ0v) is 8.39. The fourth-order valence-corrected chi connectivity index (χ4v) is 1.13. The molecule has 0 aliphatic carbocycles. The number of alkyl halides is 1. The Kier molecular flexibility index (Phi) is 6.93. The Bertz CT molecular complexity index is 76.6. The minimum atomic E-state index is 0.782. The lowest BCUT2D eigenvalue weighted by molar-refractivity contribution is 0.634. The van der Waals surface area contributed by atoms with Gasteiger partial charge in [-0.05, 0) is 12.3 Å². The molecule has 0 aromatic carbocycles. The second kappa shape index (κ2) is 6.59. The largest absolute Gasteiger partial charge is 0.0849 e. The average molecular weight is 238 g/mol. The lowest BCUT2D eigenvalue weighted by Crippen LogP contribution is -1.86. The fraction of sp³-hybridized carbons (Fsp3) is 0.750. The Balaban J connectivity index is 3.25. The van der Waals surface area contributed by atoms with Crippen molar-refractivity contribution in [2.24, 2.45) is 5.92 Å². The molecular weight excluding hydrogens is 223 g/mol. The molecule has 1 atom stereocenters. The highest BCUT2D eigenvalue weighted by atomic mass is 127. The van der Waals surface area contributed by atoms with E-state index in [9.17, 15) is 0 Å². The smallest absolute Gasteiger partial charge is 0.0176 e. The maximum atomic E-state index is 2.36. The van der Waals surface area contributed by atoms with Gasteiger partial charge in [-0.3, -0.25) is 0 Å². The van der Waals surface area contributed by atoms with Crippen LogP contribution in [0.3, 0.4) is 0 Å². The van der Waals surface area contributed by atoms with Crippen molar-refractivity contribution in [1.29, 1.82) is 0 Å². The van der Waals surface area contributed by atoms with E-state index >= 15 is 0 Å². The van der Waals surface area contributed by atoms with Gasteiger partial charge in [-0.1, -0.05) is 55.0 Å². The lowest BCUT2D eigenvalue weighted by Gasteiger charge is -2.00. The minimum absolute atomic E-state index is 0.782. The van der Waals surface area contributed by atoms with Crippen molar-refractivity contribution in [3.8, 4) is 0 Å². The van der Waals surface area contributed by atoms with E-state index in [2.05, 4.69) is 48.6 Å². The molecule has 54 valence electrons. The van der Waals surface area contributed by atoms with Crippen molar-refractivity contribution >= 4 is 22.6 Å². The van der Waals surface area contributed by atoms with E-state index in [-0.39, 0.29) is 0 Å². The zero-order valence-electron chi connectivity index (χ0n) is 6.23. The number of hydrogen-bond acceptors (Lipinski definition) is 0. The standard InChI is InChI=1S/C8H15I/c1-3-5-8(2)6-4-7-9/h4,6,8H,3,5,7H2,1-2H3. The summed E-state index contributed by atoms with van der Waals surface area (Å²) in [6, 6.07) is 0. The molecule has 0 saturated carbocycles. The summed E-state index contributed by atoms with van der Waals surface area (Å²) in [6.45, 7) is 4.50. The molecule has 0 nitrogen and oxygen atoms in total. The van der Waals surface area contributed by atoms with Gasteiger partial charge in [-0.2, -0.15) is 0 Å². The van der Waals surface area contributed by atoms with Gasteiger partial charge in [0, 0.05) is 4.43 Å². The maximum Gasteiger partial charge on any atom is 0.0176 e. The van der Waals surface area contributed by atoms with Crippen LogP contribution in [0.1, 0.15) is 26.7 Å². The van der Waals surface area contributed by atoms with Crippen molar-refractivity contribution in [2.75, 3.05) is 4.43 Å². The summed E-state index contributed by atoms with van der Waals surface area (Å²) < 4.78 is 1.14. The van der Waals surface area contributed by atoms with E-state index in [0.717, 1.165) is 10.3 Å². The van der Waals surface area contributed by atoms with E-state index in [0.29, 0.717) is 0 Å². The first kappa shape index (κ1) is 9.47. The summed E-state index contributed by atoms with van der Waals surface area (Å²) in [4.78, 5) is 0. The SMILES string of the molecule is CCCC(C)C=CCI. The van der Waals surface area contributed by atoms with Crippen molar-refractivity contribution in [1.82, 2.24) is 0 Å². The van der Waals surface area contributed by atoms with E-state index < -0.39 is 0 Å². The summed E-state index contributed by atoms with van der Waals surface area (Å²) in [5.41, 5.74) is 0. The molecule has 1 unspecified atom stereocenters. The molecule has 0 rings (SSSR count). The molecule has 0 N–H and O–H groups in total. The number of rotatable bonds is 4. The quantitative estimate of drug-likeness (QED) is 0.400. The molecule has 9 heavy (non-hydrogen) atoms. The topological polar surface area (TPSA) is 0 Å². The molecule has 0 amide bonds. The van der Waals surface area contributed by atoms with Gasteiger partial charge in [0.25, 0.3) is 0 Å². The Hall–Kier alpha value is 0.470. The van der Waals surface area contributed by atoms with Gasteiger partial charge in [-0.15, -0.1) is 0 Å². The van der Waals surface area contributed by atoms with Crippen LogP contribution in [-0.2, 0) is 0 Å². The second-order valence-corrected chi connectivity index (χ2v) is 3.23. The molecule has 0 spiro atoms. The first-order chi connectivity index (χ1) is 4.31. The van der Waals surface area contributed by atoms with Crippen molar-refractivity contribution < 1.29 is 0 Å². The lowest BCUT2D eigenvalue weighted by atomic mass is 10.1. The average Bonchev–Trinajstić information content (AvgIpc) is 1.85. The van der Waals surface area contributed by atoms with E-state index in [1.165, 1.54) is 12.8 Å². The van der Waals surface area contributed by atoms with Crippen molar-refractivity contribution in [3.63, 3.8) is 0 Å². The molecule has 0 aromatic heterocycles. The van der Waals surface area contributed by atoms with Gasteiger partial charge in [0.05, 0.1) is 0 Å². The number of allylic oxidation sites excluding steroid dienone is 2. The molecule has 0 heterocycles. The van der Waals surface area contributed by atoms with Crippen LogP contribution in [0.15, 0.2) is 12.2 Å². The highest BCUT2D eigenvalue weighted by molar-refractivity contribution is 14.1. The molecule has 0 aliphatic rings. The molecule has 0 aromatic rings. The third-order valence-electron chi connectivity index (χ3n) is 1.30. The van der Waals surface area contributed by atoms with Gasteiger partial charge >= 0.3 is 0 Å². The third kappa shape index (κ3) is 6.35. The number of hydrogen-bond donors (Lipinski definition) is 0. The summed E-state index contributed by atoms with van der Waals surface area (Å²) in [5.74, 6) is 0.782. The molecule has 0 saturated heterocycles. The van der Waals surface area contributed by atoms with Crippen LogP contribution >= 0.6 is 22.6 Å². The predicted octanol–water partition coefficient (Wildman–Crippen LogP) is 3.41. The molecule has 0 fully saturated rings. The number of halogens is 1. The van der Waals surface area contributed by atoms with E-state index in [4.69, 9.17) is 0 Å². The first-order valence-electron chi connectivity index (χ1n) is 3.53. The minimum Gasteiger partial charge on any atom is -0.0849 e. The maximum absolute atomic E-state index is 2.36. The Morgan fingerprint density at radius 1 is 1.56 bits per heavy atom. The van der Waals surface area contributed by atoms with E-state index in [1.54, 1.807) is 0 Å². The van der Waals surface area contributed by atoms with Crippen molar-refractivity contribution in [3.05, 3.63) is 12.2 Å². The van der Waals surface area contributed by atoms with Gasteiger partial charge in [-0.25, -0.2) is 0 Å². The summed E-state index contributed by atoms with van der Waals surface area (Å²) in [7, 11) is 0. The molecule has 0 aliphatic heterocycles. The molecular formula is C8H15I. The predicted molar refractivity (Wildman–Crippen MR) is 52.1 cm³/mol. The first-order valence-corrected chi connectivity index (χ1v) is 5.06. The van der Waals surface area contributed by atoms with Crippen LogP contribution < -0.4 is 0 Å². The van der Waals surface area contributed by atoms with Crippen molar-refractivity contribution in [2.45, 2.75) is 26.7 Å². The Labute approximate surface area is 71.9 Å². The normalized spacial score (nSPS) is 14.6. The second-order valence-electron chi connectivity index (χ2n) is 2.35. The summed E-state index contributed by atoms with van der Waals surface area (Å²) >= 11 is 2.36. The Morgan fingerprint density at radius 2 is 2.22 bits per heavy atom. The zero-order chi connectivity index (χ0) is 7.11. The van der Waals surface area contributed by atoms with Crippen LogP contribution in [0.4, 0.5) is 0 Å².